The summed E-state index contributed by atoms with van der Waals surface area (Å²) < 4.78 is 19.1. The summed E-state index contributed by atoms with van der Waals surface area (Å²) in [6.07, 6.45) is 1.38. The Morgan fingerprint density at radius 3 is 2.72 bits per heavy atom. The maximum Gasteiger partial charge on any atom is 0.336 e. The normalized spacial score (nSPS) is 17.4. The molecular weight excluding hydrogens is 413 g/mol. The van der Waals surface area contributed by atoms with E-state index < -0.39 is 12.1 Å². The summed E-state index contributed by atoms with van der Waals surface area (Å²) in [5.41, 5.74) is 1.95. The summed E-state index contributed by atoms with van der Waals surface area (Å²) in [4.78, 5) is 14.9. The fourth-order valence-electron chi connectivity index (χ4n) is 3.10. The Kier molecular flexibility index (Phi) is 7.32. The van der Waals surface area contributed by atoms with Gasteiger partial charge >= 0.3 is 5.97 Å². The van der Waals surface area contributed by atoms with Crippen molar-refractivity contribution < 1.29 is 24.1 Å². The van der Waals surface area contributed by atoms with E-state index in [9.17, 15) is 14.3 Å². The molecule has 0 aromatic heterocycles. The van der Waals surface area contributed by atoms with Gasteiger partial charge in [0.25, 0.3) is 0 Å². The molecule has 1 aliphatic rings. The fraction of sp³-hybridized carbons (Fsp3) is 0.381. The third-order valence-corrected chi connectivity index (χ3v) is 6.88. The highest BCUT2D eigenvalue weighted by atomic mass is 32.2. The van der Waals surface area contributed by atoms with Gasteiger partial charge in [-0.3, -0.25) is 0 Å². The van der Waals surface area contributed by atoms with Crippen LogP contribution in [0.5, 0.6) is 5.75 Å². The number of fused-ring (bicyclic) bond motifs is 1. The first kappa shape index (κ1) is 21.8. The molecule has 0 saturated heterocycles. The monoisotopic (exact) mass is 437 g/mol. The third-order valence-electron chi connectivity index (χ3n) is 4.85. The van der Waals surface area contributed by atoms with Crippen LogP contribution < -0.4 is 9.64 Å². The zero-order chi connectivity index (χ0) is 21.0. The Morgan fingerprint density at radius 1 is 1.38 bits per heavy atom. The number of anilines is 2. The molecule has 1 heterocycles. The smallest absolute Gasteiger partial charge is 0.336 e. The van der Waals surface area contributed by atoms with E-state index in [1.54, 1.807) is 23.9 Å². The summed E-state index contributed by atoms with van der Waals surface area (Å²) in [7, 11) is 0. The lowest BCUT2D eigenvalue weighted by Gasteiger charge is -2.28. The predicted octanol–water partition coefficient (Wildman–Crippen LogP) is 4.64. The molecule has 0 bridgehead atoms. The minimum Gasteiger partial charge on any atom is -0.489 e. The number of thioether (sulfide) groups is 2. The molecule has 29 heavy (non-hydrogen) atoms. The summed E-state index contributed by atoms with van der Waals surface area (Å²) in [5, 5.41) is 18.4. The Labute approximate surface area is 178 Å². The summed E-state index contributed by atoms with van der Waals surface area (Å²) in [6, 6.07) is 10.4. The molecule has 2 aromatic rings. The van der Waals surface area contributed by atoms with Crippen molar-refractivity contribution in [3.63, 3.8) is 0 Å². The van der Waals surface area contributed by atoms with Gasteiger partial charge in [-0.05, 0) is 48.6 Å². The molecule has 2 N–H and O–H groups in total. The average Bonchev–Trinajstić information content (AvgIpc) is 2.90. The van der Waals surface area contributed by atoms with Gasteiger partial charge in [0.05, 0.1) is 10.6 Å². The fourth-order valence-corrected chi connectivity index (χ4v) is 4.91. The van der Waals surface area contributed by atoms with Crippen molar-refractivity contribution in [1.82, 2.24) is 0 Å². The van der Waals surface area contributed by atoms with E-state index >= 15 is 0 Å². The first-order chi connectivity index (χ1) is 13.9. The highest BCUT2D eigenvalue weighted by molar-refractivity contribution is 7.99. The van der Waals surface area contributed by atoms with Gasteiger partial charge in [-0.1, -0.05) is 13.3 Å². The number of carboxylic acids is 1. The van der Waals surface area contributed by atoms with Gasteiger partial charge in [0.2, 0.25) is 0 Å². The van der Waals surface area contributed by atoms with Crippen LogP contribution in [0.3, 0.4) is 0 Å². The van der Waals surface area contributed by atoms with Crippen LogP contribution in [0.4, 0.5) is 15.8 Å². The van der Waals surface area contributed by atoms with E-state index in [0.717, 1.165) is 39.9 Å². The SMILES string of the molecule is CC[C@@H]1CSc2cc(OC[C@H](O)C(=O)O)c(SC)cc2N(c2ccc(F)cc2)C1. The molecule has 8 heteroatoms. The molecule has 0 saturated carbocycles. The van der Waals surface area contributed by atoms with E-state index in [1.807, 2.05) is 18.4 Å². The van der Waals surface area contributed by atoms with E-state index in [2.05, 4.69) is 11.8 Å². The number of carbonyl (C=O) groups is 1. The van der Waals surface area contributed by atoms with Crippen LogP contribution in [0.1, 0.15) is 13.3 Å². The van der Waals surface area contributed by atoms with Crippen LogP contribution in [0, 0.1) is 11.7 Å². The lowest BCUT2D eigenvalue weighted by atomic mass is 10.1. The highest BCUT2D eigenvalue weighted by Gasteiger charge is 2.25. The number of benzene rings is 2. The van der Waals surface area contributed by atoms with Gasteiger partial charge in [0.15, 0.2) is 6.10 Å². The van der Waals surface area contributed by atoms with Crippen molar-refractivity contribution in [3.05, 3.63) is 42.2 Å². The topological polar surface area (TPSA) is 70.0 Å². The van der Waals surface area contributed by atoms with E-state index in [0.29, 0.717) is 11.7 Å². The second kappa shape index (κ2) is 9.73. The van der Waals surface area contributed by atoms with Crippen molar-refractivity contribution in [2.45, 2.75) is 29.2 Å². The van der Waals surface area contributed by atoms with Crippen LogP contribution in [-0.4, -0.2) is 47.4 Å². The predicted molar refractivity (Wildman–Crippen MR) is 115 cm³/mol. The minimum atomic E-state index is -1.57. The average molecular weight is 438 g/mol. The molecule has 2 aromatic carbocycles. The zero-order valence-corrected chi connectivity index (χ0v) is 17.9. The van der Waals surface area contributed by atoms with Gasteiger partial charge in [-0.15, -0.1) is 23.5 Å². The van der Waals surface area contributed by atoms with Crippen LogP contribution >= 0.6 is 23.5 Å². The number of nitrogens with zero attached hydrogens (tertiary/aromatic N) is 1. The lowest BCUT2D eigenvalue weighted by molar-refractivity contribution is -0.148. The maximum atomic E-state index is 13.4. The zero-order valence-electron chi connectivity index (χ0n) is 16.3. The first-order valence-corrected chi connectivity index (χ1v) is 11.6. The molecule has 0 radical (unpaired) electrons. The number of rotatable bonds is 7. The van der Waals surface area contributed by atoms with Crippen molar-refractivity contribution >= 4 is 40.9 Å². The molecule has 2 atom stereocenters. The maximum absolute atomic E-state index is 13.4. The molecule has 0 amide bonds. The quantitative estimate of drug-likeness (QED) is 0.612. The van der Waals surface area contributed by atoms with Gasteiger partial charge < -0.3 is 19.8 Å². The lowest BCUT2D eigenvalue weighted by Crippen LogP contribution is -2.27. The van der Waals surface area contributed by atoms with Crippen molar-refractivity contribution in [2.24, 2.45) is 5.92 Å². The van der Waals surface area contributed by atoms with Crippen LogP contribution in [-0.2, 0) is 4.79 Å². The van der Waals surface area contributed by atoms with E-state index in [-0.39, 0.29) is 12.4 Å². The van der Waals surface area contributed by atoms with Gasteiger partial charge in [0.1, 0.15) is 18.2 Å². The Hall–Kier alpha value is -1.90. The number of aliphatic carboxylic acids is 1. The van der Waals surface area contributed by atoms with Crippen molar-refractivity contribution in [3.8, 4) is 5.75 Å². The molecule has 0 unspecified atom stereocenters. The Balaban J connectivity index is 1.99. The third kappa shape index (κ3) is 5.18. The molecule has 0 fully saturated rings. The van der Waals surface area contributed by atoms with Crippen LogP contribution in [0.25, 0.3) is 0 Å². The molecule has 1 aliphatic heterocycles. The van der Waals surface area contributed by atoms with Gasteiger partial charge in [-0.2, -0.15) is 0 Å². The Bertz CT molecular complexity index is 863. The largest absolute Gasteiger partial charge is 0.489 e. The van der Waals surface area contributed by atoms with E-state index in [4.69, 9.17) is 9.84 Å². The molecule has 0 spiro atoms. The number of carboxylic acid groups (broad SMARTS) is 1. The highest BCUT2D eigenvalue weighted by Crippen LogP contribution is 2.45. The number of ether oxygens (including phenoxy) is 1. The summed E-state index contributed by atoms with van der Waals surface area (Å²) in [5.74, 6) is 0.382. The number of hydrogen-bond donors (Lipinski definition) is 2. The molecule has 3 rings (SSSR count). The summed E-state index contributed by atoms with van der Waals surface area (Å²) in [6.45, 7) is 2.68. The second-order valence-corrected chi connectivity index (χ2v) is 8.72. The van der Waals surface area contributed by atoms with E-state index in [1.165, 1.54) is 23.9 Å². The minimum absolute atomic E-state index is 0.268. The molecule has 5 nitrogen and oxygen atoms in total. The van der Waals surface area contributed by atoms with Crippen molar-refractivity contribution in [2.75, 3.05) is 30.1 Å². The standard InChI is InChI=1S/C21H24FNO4S2/c1-3-13-10-23(15-6-4-14(22)5-7-15)16-8-20(28-2)18(9-19(16)29-12-13)27-11-17(24)21(25)26/h4-9,13,17,24H,3,10-12H2,1-2H3,(H,25,26)/t13-,17-/m0/s1. The first-order valence-electron chi connectivity index (χ1n) is 9.34. The summed E-state index contributed by atoms with van der Waals surface area (Å²) >= 11 is 3.23. The Morgan fingerprint density at radius 2 is 2.10 bits per heavy atom. The number of aliphatic hydroxyl groups excluding tert-OH is 1. The molecule has 156 valence electrons. The number of hydrogen-bond acceptors (Lipinski definition) is 6. The number of halogens is 1. The van der Waals surface area contributed by atoms with Crippen molar-refractivity contribution in [1.29, 1.82) is 0 Å². The second-order valence-electron chi connectivity index (χ2n) is 6.81. The molecular formula is C21H24FNO4S2. The number of aliphatic hydroxyl groups is 1. The molecule has 0 aliphatic carbocycles. The van der Waals surface area contributed by atoms with Crippen LogP contribution in [0.15, 0.2) is 46.2 Å². The van der Waals surface area contributed by atoms with Gasteiger partial charge in [0, 0.05) is 22.9 Å². The van der Waals surface area contributed by atoms with Gasteiger partial charge in [-0.25, -0.2) is 9.18 Å². The van der Waals surface area contributed by atoms with Crippen LogP contribution in [0.2, 0.25) is 0 Å².